The standard InChI is InChI=1S/C34H26N2O4/c1-2-3-21-36-29(38-28-18-17-22-11-7-8-14-24(22)32(28)36)20-19-27-30(23-12-5-4-6-13-23)31(34(37)40-27)33-35-25-15-9-10-16-26(25)39-33/h4-20H,2-3,21H2,1H3/b27-19?,29-20-. The summed E-state index contributed by atoms with van der Waals surface area (Å²) < 4.78 is 18.2. The van der Waals surface area contributed by atoms with Gasteiger partial charge in [0.1, 0.15) is 16.8 Å². The summed E-state index contributed by atoms with van der Waals surface area (Å²) in [6, 6.07) is 29.6. The Labute approximate surface area is 231 Å². The molecule has 0 aliphatic carbocycles. The minimum absolute atomic E-state index is 0.238. The van der Waals surface area contributed by atoms with E-state index in [9.17, 15) is 4.79 Å². The minimum atomic E-state index is -0.500. The van der Waals surface area contributed by atoms with Gasteiger partial charge in [-0.15, -0.1) is 0 Å². The number of oxazole rings is 1. The van der Waals surface area contributed by atoms with Crippen LogP contribution in [0.5, 0.6) is 5.75 Å². The molecule has 0 amide bonds. The average Bonchev–Trinajstić information content (AvgIpc) is 3.67. The summed E-state index contributed by atoms with van der Waals surface area (Å²) in [7, 11) is 0. The molecule has 7 rings (SSSR count). The molecule has 196 valence electrons. The first-order chi connectivity index (χ1) is 19.7. The number of nitrogens with zero attached hydrogens (tertiary/aromatic N) is 2. The fraction of sp³-hybridized carbons (Fsp3) is 0.118. The highest BCUT2D eigenvalue weighted by atomic mass is 16.5. The predicted octanol–water partition coefficient (Wildman–Crippen LogP) is 7.87. The minimum Gasteiger partial charge on any atom is -0.439 e. The molecule has 6 heteroatoms. The average molecular weight is 527 g/mol. The smallest absolute Gasteiger partial charge is 0.349 e. The van der Waals surface area contributed by atoms with Gasteiger partial charge in [0.2, 0.25) is 11.8 Å². The topological polar surface area (TPSA) is 64.8 Å². The van der Waals surface area contributed by atoms with Gasteiger partial charge >= 0.3 is 5.97 Å². The zero-order chi connectivity index (χ0) is 27.1. The number of allylic oxidation sites excluding steroid dienone is 3. The van der Waals surface area contributed by atoms with Crippen LogP contribution in [0.25, 0.3) is 33.0 Å². The molecule has 0 radical (unpaired) electrons. The Morgan fingerprint density at radius 3 is 2.48 bits per heavy atom. The maximum atomic E-state index is 13.3. The van der Waals surface area contributed by atoms with E-state index in [0.29, 0.717) is 33.9 Å². The lowest BCUT2D eigenvalue weighted by Crippen LogP contribution is -2.21. The van der Waals surface area contributed by atoms with Gasteiger partial charge in [-0.1, -0.05) is 86.1 Å². The summed E-state index contributed by atoms with van der Waals surface area (Å²) in [5.74, 6) is 1.65. The molecule has 0 saturated heterocycles. The van der Waals surface area contributed by atoms with Crippen LogP contribution in [0.15, 0.2) is 119 Å². The van der Waals surface area contributed by atoms with Gasteiger partial charge in [0.15, 0.2) is 11.3 Å². The number of hydrogen-bond donors (Lipinski definition) is 0. The van der Waals surface area contributed by atoms with E-state index in [0.717, 1.165) is 47.2 Å². The van der Waals surface area contributed by atoms with Gasteiger partial charge in [-0.05, 0) is 41.6 Å². The summed E-state index contributed by atoms with van der Waals surface area (Å²) >= 11 is 0. The molecule has 0 N–H and O–H groups in total. The third-order valence-electron chi connectivity index (χ3n) is 7.20. The summed E-state index contributed by atoms with van der Waals surface area (Å²) in [6.45, 7) is 2.98. The highest BCUT2D eigenvalue weighted by Crippen LogP contribution is 2.45. The van der Waals surface area contributed by atoms with Crippen LogP contribution >= 0.6 is 0 Å². The molecule has 6 nitrogen and oxygen atoms in total. The van der Waals surface area contributed by atoms with Crippen LogP contribution < -0.4 is 9.64 Å². The fourth-order valence-electron chi connectivity index (χ4n) is 5.29. The lowest BCUT2D eigenvalue weighted by molar-refractivity contribution is -0.131. The Balaban J connectivity index is 1.35. The van der Waals surface area contributed by atoms with Gasteiger partial charge < -0.3 is 18.8 Å². The van der Waals surface area contributed by atoms with Crippen LogP contribution in [-0.2, 0) is 9.53 Å². The highest BCUT2D eigenvalue weighted by molar-refractivity contribution is 6.29. The first kappa shape index (κ1) is 24.0. The molecule has 0 saturated carbocycles. The highest BCUT2D eigenvalue weighted by Gasteiger charge is 2.35. The number of carbonyl (C=O) groups is 1. The molecule has 0 atom stereocenters. The van der Waals surface area contributed by atoms with E-state index in [4.69, 9.17) is 13.9 Å². The van der Waals surface area contributed by atoms with E-state index >= 15 is 0 Å². The Morgan fingerprint density at radius 1 is 0.825 bits per heavy atom. The van der Waals surface area contributed by atoms with Crippen molar-refractivity contribution in [3.8, 4) is 5.75 Å². The molecule has 40 heavy (non-hydrogen) atoms. The maximum Gasteiger partial charge on any atom is 0.349 e. The monoisotopic (exact) mass is 526 g/mol. The van der Waals surface area contributed by atoms with Crippen LogP contribution in [0, 0.1) is 0 Å². The van der Waals surface area contributed by atoms with Crippen LogP contribution in [0.1, 0.15) is 31.2 Å². The Bertz CT molecular complexity index is 1830. The third-order valence-corrected chi connectivity index (χ3v) is 7.20. The van der Waals surface area contributed by atoms with Crippen molar-refractivity contribution in [3.05, 3.63) is 126 Å². The number of cyclic esters (lactones) is 1. The first-order valence-electron chi connectivity index (χ1n) is 13.5. The number of ether oxygens (including phenoxy) is 2. The van der Waals surface area contributed by atoms with E-state index in [2.05, 4.69) is 35.0 Å². The number of fused-ring (bicyclic) bond motifs is 4. The zero-order valence-electron chi connectivity index (χ0n) is 22.0. The summed E-state index contributed by atoms with van der Waals surface area (Å²) in [6.07, 6.45) is 5.74. The number of rotatable bonds is 6. The normalized spacial score (nSPS) is 16.8. The van der Waals surface area contributed by atoms with Crippen molar-refractivity contribution in [1.29, 1.82) is 0 Å². The summed E-state index contributed by atoms with van der Waals surface area (Å²) in [5.41, 5.74) is 4.12. The molecule has 2 aliphatic heterocycles. The van der Waals surface area contributed by atoms with Crippen molar-refractivity contribution in [2.45, 2.75) is 19.8 Å². The van der Waals surface area contributed by atoms with E-state index < -0.39 is 5.97 Å². The second-order valence-electron chi connectivity index (χ2n) is 9.77. The summed E-state index contributed by atoms with van der Waals surface area (Å²) in [5, 5.41) is 2.30. The van der Waals surface area contributed by atoms with Crippen molar-refractivity contribution in [2.75, 3.05) is 11.4 Å². The van der Waals surface area contributed by atoms with Gasteiger partial charge in [0.25, 0.3) is 0 Å². The Morgan fingerprint density at radius 2 is 1.62 bits per heavy atom. The van der Waals surface area contributed by atoms with Crippen molar-refractivity contribution < 1.29 is 18.7 Å². The Hall–Kier alpha value is -5.10. The number of unbranched alkanes of at least 4 members (excludes halogenated alkanes) is 1. The number of esters is 1. The second kappa shape index (κ2) is 9.89. The molecule has 4 aromatic carbocycles. The SMILES string of the molecule is CCCCN1/C(=C/C=C2OC(=O)C(c3nc4ccccc4o3)=C2c2ccccc2)Oc2ccc3ccccc3c21. The van der Waals surface area contributed by atoms with E-state index in [1.54, 1.807) is 6.08 Å². The zero-order valence-corrected chi connectivity index (χ0v) is 22.0. The molecule has 1 aromatic heterocycles. The van der Waals surface area contributed by atoms with Crippen molar-refractivity contribution >= 4 is 44.7 Å². The van der Waals surface area contributed by atoms with Crippen molar-refractivity contribution in [3.63, 3.8) is 0 Å². The quantitative estimate of drug-likeness (QED) is 0.210. The van der Waals surface area contributed by atoms with Crippen LogP contribution in [0.4, 0.5) is 5.69 Å². The third kappa shape index (κ3) is 4.05. The van der Waals surface area contributed by atoms with Crippen molar-refractivity contribution in [1.82, 2.24) is 4.98 Å². The van der Waals surface area contributed by atoms with E-state index in [1.165, 1.54) is 0 Å². The molecule has 5 aromatic rings. The predicted molar refractivity (Wildman–Crippen MR) is 156 cm³/mol. The molecule has 3 heterocycles. The summed E-state index contributed by atoms with van der Waals surface area (Å²) in [4.78, 5) is 20.1. The largest absolute Gasteiger partial charge is 0.439 e. The molecule has 0 unspecified atom stereocenters. The molecule has 0 fully saturated rings. The molecule has 0 spiro atoms. The lowest BCUT2D eigenvalue weighted by atomic mass is 9.99. The first-order valence-corrected chi connectivity index (χ1v) is 13.5. The van der Waals surface area contributed by atoms with Crippen LogP contribution in [0.3, 0.4) is 0 Å². The molecule has 0 bridgehead atoms. The fourth-order valence-corrected chi connectivity index (χ4v) is 5.29. The van der Waals surface area contributed by atoms with E-state index in [1.807, 2.05) is 78.9 Å². The van der Waals surface area contributed by atoms with Crippen LogP contribution in [-0.4, -0.2) is 17.5 Å². The molecular formula is C34H26N2O4. The molecule has 2 aliphatic rings. The number of anilines is 1. The van der Waals surface area contributed by atoms with Gasteiger partial charge in [-0.25, -0.2) is 9.78 Å². The van der Waals surface area contributed by atoms with E-state index in [-0.39, 0.29) is 5.89 Å². The lowest BCUT2D eigenvalue weighted by Gasteiger charge is -2.19. The molecular weight excluding hydrogens is 500 g/mol. The van der Waals surface area contributed by atoms with Crippen molar-refractivity contribution in [2.24, 2.45) is 0 Å². The number of para-hydroxylation sites is 2. The van der Waals surface area contributed by atoms with Gasteiger partial charge in [-0.2, -0.15) is 0 Å². The number of benzene rings is 4. The van der Waals surface area contributed by atoms with Crippen LogP contribution in [0.2, 0.25) is 0 Å². The number of hydrogen-bond acceptors (Lipinski definition) is 6. The maximum absolute atomic E-state index is 13.3. The number of aromatic nitrogens is 1. The number of carbonyl (C=O) groups excluding carboxylic acids is 1. The van der Waals surface area contributed by atoms with Gasteiger partial charge in [0, 0.05) is 23.6 Å². The second-order valence-corrected chi connectivity index (χ2v) is 9.77. The Kier molecular flexibility index (Phi) is 5.93. The van der Waals surface area contributed by atoms with Gasteiger partial charge in [-0.3, -0.25) is 0 Å². The van der Waals surface area contributed by atoms with Gasteiger partial charge in [0.05, 0.1) is 5.69 Å².